The van der Waals surface area contributed by atoms with Gasteiger partial charge in [-0.05, 0) is 32.3 Å². The molecule has 0 spiro atoms. The molecule has 1 heterocycles. The third-order valence-electron chi connectivity index (χ3n) is 3.63. The van der Waals surface area contributed by atoms with Crippen molar-refractivity contribution >= 4 is 17.6 Å². The summed E-state index contributed by atoms with van der Waals surface area (Å²) < 4.78 is 6.93. The van der Waals surface area contributed by atoms with E-state index in [4.69, 9.17) is 4.74 Å². The molecule has 0 aromatic carbocycles. The first-order valence-corrected chi connectivity index (χ1v) is 7.34. The van der Waals surface area contributed by atoms with E-state index in [-0.39, 0.29) is 17.8 Å². The number of hydrogen-bond donors (Lipinski definition) is 1. The van der Waals surface area contributed by atoms with Crippen molar-refractivity contribution in [3.8, 4) is 0 Å². The van der Waals surface area contributed by atoms with Crippen LogP contribution >= 0.6 is 0 Å². The maximum Gasteiger partial charge on any atom is 0.357 e. The Morgan fingerprint density at radius 3 is 2.70 bits per heavy atom. The molecule has 0 atom stereocenters. The Balaban J connectivity index is 2.17. The second kappa shape index (κ2) is 6.59. The number of aromatic nitrogens is 1. The number of nitrogens with one attached hydrogen (secondary N) is 1. The first-order valence-electron chi connectivity index (χ1n) is 7.34. The first-order chi connectivity index (χ1) is 9.67. The van der Waals surface area contributed by atoms with Gasteiger partial charge in [0.2, 0.25) is 5.91 Å². The maximum atomic E-state index is 12.1. The van der Waals surface area contributed by atoms with Crippen molar-refractivity contribution in [3.05, 3.63) is 18.0 Å². The number of esters is 1. The summed E-state index contributed by atoms with van der Waals surface area (Å²) in [6.07, 6.45) is 5.73. The van der Waals surface area contributed by atoms with Gasteiger partial charge in [0.25, 0.3) is 0 Å². The highest BCUT2D eigenvalue weighted by Crippen LogP contribution is 2.28. The van der Waals surface area contributed by atoms with E-state index in [1.165, 1.54) is 0 Å². The van der Waals surface area contributed by atoms with Crippen LogP contribution in [0.15, 0.2) is 12.3 Å². The molecular weight excluding hydrogens is 256 g/mol. The Morgan fingerprint density at radius 1 is 1.40 bits per heavy atom. The molecule has 110 valence electrons. The van der Waals surface area contributed by atoms with Crippen molar-refractivity contribution in [2.24, 2.45) is 5.92 Å². The summed E-state index contributed by atoms with van der Waals surface area (Å²) >= 11 is 0. The predicted octanol–water partition coefficient (Wildman–Crippen LogP) is 2.81. The van der Waals surface area contributed by atoms with Crippen molar-refractivity contribution < 1.29 is 14.3 Å². The van der Waals surface area contributed by atoms with Gasteiger partial charge in [-0.15, -0.1) is 0 Å². The normalized spacial score (nSPS) is 14.7. The van der Waals surface area contributed by atoms with E-state index in [1.807, 2.05) is 17.7 Å². The molecule has 0 aliphatic heterocycles. The monoisotopic (exact) mass is 278 g/mol. The molecule has 1 fully saturated rings. The third-order valence-corrected chi connectivity index (χ3v) is 3.63. The maximum absolute atomic E-state index is 12.1. The van der Waals surface area contributed by atoms with Crippen molar-refractivity contribution in [2.75, 3.05) is 11.9 Å². The summed E-state index contributed by atoms with van der Waals surface area (Å²) in [5, 5.41) is 2.87. The number of hydrogen-bond acceptors (Lipinski definition) is 3. The molecule has 5 heteroatoms. The lowest BCUT2D eigenvalue weighted by Gasteiger charge is -2.24. The van der Waals surface area contributed by atoms with E-state index >= 15 is 0 Å². The molecule has 0 radical (unpaired) electrons. The van der Waals surface area contributed by atoms with Crippen molar-refractivity contribution in [3.63, 3.8) is 0 Å². The molecule has 0 saturated heterocycles. The van der Waals surface area contributed by atoms with Gasteiger partial charge in [-0.2, -0.15) is 0 Å². The highest BCUT2D eigenvalue weighted by Gasteiger charge is 2.27. The van der Waals surface area contributed by atoms with Crippen molar-refractivity contribution in [2.45, 2.75) is 46.1 Å². The van der Waals surface area contributed by atoms with Gasteiger partial charge in [0.05, 0.1) is 12.3 Å². The molecule has 1 aliphatic rings. The van der Waals surface area contributed by atoms with E-state index in [0.717, 1.165) is 32.2 Å². The van der Waals surface area contributed by atoms with E-state index in [0.29, 0.717) is 18.0 Å². The number of nitrogens with zero attached hydrogens (tertiary/aromatic N) is 1. The molecule has 1 aromatic heterocycles. The SMILES string of the molecule is CCCn1ccc(NC(=O)C2CCC2)c1C(=O)OCC. The second-order valence-electron chi connectivity index (χ2n) is 5.11. The number of carbonyl (C=O) groups is 2. The fourth-order valence-electron chi connectivity index (χ4n) is 2.33. The Kier molecular flexibility index (Phi) is 4.82. The number of ether oxygens (including phenoxy) is 1. The molecule has 1 aromatic rings. The lowest BCUT2D eigenvalue weighted by Crippen LogP contribution is -2.28. The molecule has 1 N–H and O–H groups in total. The van der Waals surface area contributed by atoms with E-state index < -0.39 is 0 Å². The zero-order valence-corrected chi connectivity index (χ0v) is 12.1. The van der Waals surface area contributed by atoms with Gasteiger partial charge in [-0.1, -0.05) is 13.3 Å². The number of aryl methyl sites for hydroxylation is 1. The first kappa shape index (κ1) is 14.6. The summed E-state index contributed by atoms with van der Waals surface area (Å²) in [7, 11) is 0. The minimum atomic E-state index is -0.380. The summed E-state index contributed by atoms with van der Waals surface area (Å²) in [5.74, 6) is -0.273. The van der Waals surface area contributed by atoms with Crippen LogP contribution in [0.3, 0.4) is 0 Å². The molecule has 0 bridgehead atoms. The highest BCUT2D eigenvalue weighted by atomic mass is 16.5. The second-order valence-corrected chi connectivity index (χ2v) is 5.11. The number of amides is 1. The van der Waals surface area contributed by atoms with Crippen LogP contribution in [-0.2, 0) is 16.1 Å². The summed E-state index contributed by atoms with van der Waals surface area (Å²) in [5.41, 5.74) is 1.01. The fourth-order valence-corrected chi connectivity index (χ4v) is 2.33. The topological polar surface area (TPSA) is 60.3 Å². The van der Waals surface area contributed by atoms with Crippen LogP contribution in [0.5, 0.6) is 0 Å². The lowest BCUT2D eigenvalue weighted by molar-refractivity contribution is -0.122. The quantitative estimate of drug-likeness (QED) is 0.814. The minimum absolute atomic E-state index is 0.0102. The molecule has 1 aliphatic carbocycles. The summed E-state index contributed by atoms with van der Waals surface area (Å²) in [6, 6.07) is 1.78. The average Bonchev–Trinajstić information content (AvgIpc) is 2.70. The molecule has 0 unspecified atom stereocenters. The van der Waals surface area contributed by atoms with Crippen LogP contribution in [0.25, 0.3) is 0 Å². The number of anilines is 1. The Morgan fingerprint density at radius 2 is 2.15 bits per heavy atom. The van der Waals surface area contributed by atoms with Gasteiger partial charge in [0.15, 0.2) is 5.69 Å². The average molecular weight is 278 g/mol. The Bertz CT molecular complexity index is 489. The Hall–Kier alpha value is -1.78. The van der Waals surface area contributed by atoms with E-state index in [1.54, 1.807) is 13.0 Å². The summed E-state index contributed by atoms with van der Waals surface area (Å²) in [6.45, 7) is 4.87. The van der Waals surface area contributed by atoms with E-state index in [9.17, 15) is 9.59 Å². The third kappa shape index (κ3) is 3.03. The van der Waals surface area contributed by atoms with Crippen LogP contribution in [0.4, 0.5) is 5.69 Å². The van der Waals surface area contributed by atoms with Crippen molar-refractivity contribution in [1.82, 2.24) is 4.57 Å². The highest BCUT2D eigenvalue weighted by molar-refractivity contribution is 6.01. The fraction of sp³-hybridized carbons (Fsp3) is 0.600. The van der Waals surface area contributed by atoms with Crippen LogP contribution in [0.1, 0.15) is 50.0 Å². The van der Waals surface area contributed by atoms with Gasteiger partial charge in [0, 0.05) is 18.7 Å². The molecule has 2 rings (SSSR count). The van der Waals surface area contributed by atoms with Crippen LogP contribution in [-0.4, -0.2) is 23.1 Å². The summed E-state index contributed by atoms with van der Waals surface area (Å²) in [4.78, 5) is 24.1. The Labute approximate surface area is 119 Å². The van der Waals surface area contributed by atoms with Crippen LogP contribution in [0, 0.1) is 5.92 Å². The molecule has 1 amide bonds. The largest absolute Gasteiger partial charge is 0.461 e. The number of carbonyl (C=O) groups excluding carboxylic acids is 2. The van der Waals surface area contributed by atoms with Gasteiger partial charge in [-0.3, -0.25) is 4.79 Å². The standard InChI is InChI=1S/C15H22N2O3/c1-3-9-17-10-8-12(13(17)15(19)20-4-2)16-14(18)11-6-5-7-11/h8,10-11H,3-7,9H2,1-2H3,(H,16,18). The molecular formula is C15H22N2O3. The van der Waals surface area contributed by atoms with Gasteiger partial charge >= 0.3 is 5.97 Å². The number of rotatable bonds is 6. The molecule has 1 saturated carbocycles. The predicted molar refractivity (Wildman–Crippen MR) is 76.7 cm³/mol. The smallest absolute Gasteiger partial charge is 0.357 e. The van der Waals surface area contributed by atoms with Crippen LogP contribution < -0.4 is 5.32 Å². The zero-order chi connectivity index (χ0) is 14.5. The molecule has 5 nitrogen and oxygen atoms in total. The zero-order valence-electron chi connectivity index (χ0n) is 12.1. The van der Waals surface area contributed by atoms with Gasteiger partial charge in [-0.25, -0.2) is 4.79 Å². The van der Waals surface area contributed by atoms with Gasteiger partial charge in [0.1, 0.15) is 0 Å². The van der Waals surface area contributed by atoms with Gasteiger partial charge < -0.3 is 14.6 Å². The van der Waals surface area contributed by atoms with Crippen molar-refractivity contribution in [1.29, 1.82) is 0 Å². The molecule has 20 heavy (non-hydrogen) atoms. The minimum Gasteiger partial charge on any atom is -0.461 e. The van der Waals surface area contributed by atoms with E-state index in [2.05, 4.69) is 5.32 Å². The van der Waals surface area contributed by atoms with Crippen LogP contribution in [0.2, 0.25) is 0 Å². The lowest BCUT2D eigenvalue weighted by atomic mass is 9.85.